The van der Waals surface area contributed by atoms with Gasteiger partial charge in [-0.15, -0.1) is 12.4 Å². The lowest BCUT2D eigenvalue weighted by Crippen LogP contribution is -2.09. The smallest absolute Gasteiger partial charge is 0.229 e. The summed E-state index contributed by atoms with van der Waals surface area (Å²) in [6.07, 6.45) is 1.09. The van der Waals surface area contributed by atoms with Crippen molar-refractivity contribution < 1.29 is 8.42 Å². The summed E-state index contributed by atoms with van der Waals surface area (Å²) in [7, 11) is -3.20. The molecule has 13 heavy (non-hydrogen) atoms. The van der Waals surface area contributed by atoms with Crippen LogP contribution in [0.5, 0.6) is 0 Å². The standard InChI is InChI=1S/C7H10N2O2S.ClH/c1-12(10,11)9-7-4-2-3-6(8)5-7;/h2-5,9H,8H2,1H3;1H. The molecule has 0 spiro atoms. The Morgan fingerprint density at radius 3 is 2.46 bits per heavy atom. The number of hydrogen-bond donors (Lipinski definition) is 2. The number of nitrogen functional groups attached to an aromatic ring is 1. The number of nitrogens with one attached hydrogen (secondary N) is 1. The molecule has 0 amide bonds. The molecule has 0 saturated carbocycles. The number of nitrogens with two attached hydrogens (primary N) is 1. The van der Waals surface area contributed by atoms with Crippen LogP contribution in [-0.2, 0) is 10.0 Å². The van der Waals surface area contributed by atoms with Gasteiger partial charge in [-0.25, -0.2) is 8.42 Å². The van der Waals surface area contributed by atoms with Gasteiger partial charge in [0.2, 0.25) is 10.0 Å². The molecule has 0 heterocycles. The summed E-state index contributed by atoms with van der Waals surface area (Å²) in [6, 6.07) is 6.56. The van der Waals surface area contributed by atoms with E-state index in [0.29, 0.717) is 11.4 Å². The summed E-state index contributed by atoms with van der Waals surface area (Å²) >= 11 is 0. The summed E-state index contributed by atoms with van der Waals surface area (Å²) in [6.45, 7) is 0. The van der Waals surface area contributed by atoms with Crippen molar-refractivity contribution >= 4 is 33.8 Å². The zero-order valence-electron chi connectivity index (χ0n) is 7.02. The van der Waals surface area contributed by atoms with Gasteiger partial charge in [0.1, 0.15) is 0 Å². The van der Waals surface area contributed by atoms with Gasteiger partial charge < -0.3 is 5.73 Å². The molecule has 1 aromatic rings. The second-order valence-corrected chi connectivity index (χ2v) is 4.25. The monoisotopic (exact) mass is 222 g/mol. The molecule has 0 aliphatic carbocycles. The third kappa shape index (κ3) is 4.59. The fourth-order valence-electron chi connectivity index (χ4n) is 0.816. The van der Waals surface area contributed by atoms with Crippen LogP contribution in [0.4, 0.5) is 11.4 Å². The minimum atomic E-state index is -3.20. The molecule has 0 unspecified atom stereocenters. The first kappa shape index (κ1) is 12.1. The second kappa shape index (κ2) is 4.34. The molecule has 0 bridgehead atoms. The van der Waals surface area contributed by atoms with Crippen LogP contribution >= 0.6 is 12.4 Å². The topological polar surface area (TPSA) is 72.2 Å². The first-order valence-corrected chi connectivity index (χ1v) is 5.20. The Morgan fingerprint density at radius 2 is 2.00 bits per heavy atom. The quantitative estimate of drug-likeness (QED) is 0.735. The zero-order chi connectivity index (χ0) is 9.19. The number of halogens is 1. The Labute approximate surface area is 83.6 Å². The van der Waals surface area contributed by atoms with E-state index in [1.54, 1.807) is 24.3 Å². The van der Waals surface area contributed by atoms with Gasteiger partial charge in [-0.3, -0.25) is 4.72 Å². The predicted molar refractivity (Wildman–Crippen MR) is 56.6 cm³/mol. The Bertz CT molecular complexity index is 378. The molecule has 74 valence electrons. The third-order valence-electron chi connectivity index (χ3n) is 1.19. The normalized spacial score (nSPS) is 10.2. The number of hydrogen-bond acceptors (Lipinski definition) is 3. The minimum Gasteiger partial charge on any atom is -0.399 e. The summed E-state index contributed by atoms with van der Waals surface area (Å²) in [5, 5.41) is 0. The molecule has 0 radical (unpaired) electrons. The maximum Gasteiger partial charge on any atom is 0.229 e. The van der Waals surface area contributed by atoms with Gasteiger partial charge in [0.25, 0.3) is 0 Å². The highest BCUT2D eigenvalue weighted by Crippen LogP contribution is 2.12. The van der Waals surface area contributed by atoms with Crippen LogP contribution in [0.15, 0.2) is 24.3 Å². The first-order chi connectivity index (χ1) is 5.47. The van der Waals surface area contributed by atoms with E-state index in [9.17, 15) is 8.42 Å². The van der Waals surface area contributed by atoms with E-state index in [-0.39, 0.29) is 12.4 Å². The highest BCUT2D eigenvalue weighted by atomic mass is 35.5. The average molecular weight is 223 g/mol. The summed E-state index contributed by atoms with van der Waals surface area (Å²) < 4.78 is 23.8. The lowest BCUT2D eigenvalue weighted by atomic mass is 10.3. The largest absolute Gasteiger partial charge is 0.399 e. The maximum absolute atomic E-state index is 10.8. The lowest BCUT2D eigenvalue weighted by molar-refractivity contribution is 0.607. The molecule has 0 aliphatic heterocycles. The molecule has 1 aromatic carbocycles. The molecule has 1 rings (SSSR count). The average Bonchev–Trinajstić information content (AvgIpc) is 1.82. The van der Waals surface area contributed by atoms with Crippen molar-refractivity contribution in [1.29, 1.82) is 0 Å². The molecule has 4 nitrogen and oxygen atoms in total. The van der Waals surface area contributed by atoms with Gasteiger partial charge in [-0.05, 0) is 18.2 Å². The number of benzene rings is 1. The van der Waals surface area contributed by atoms with E-state index in [0.717, 1.165) is 6.26 Å². The van der Waals surface area contributed by atoms with Gasteiger partial charge in [0.05, 0.1) is 11.9 Å². The molecular weight excluding hydrogens is 212 g/mol. The SMILES string of the molecule is CS(=O)(=O)Nc1cccc(N)c1.Cl. The Balaban J connectivity index is 0.00000144. The van der Waals surface area contributed by atoms with Crippen LogP contribution in [0, 0.1) is 0 Å². The summed E-state index contributed by atoms with van der Waals surface area (Å²) in [5.41, 5.74) is 6.46. The van der Waals surface area contributed by atoms with Crippen LogP contribution < -0.4 is 10.5 Å². The molecular formula is C7H11ClN2O2S. The molecule has 0 atom stereocenters. The van der Waals surface area contributed by atoms with Crippen molar-refractivity contribution in [3.63, 3.8) is 0 Å². The highest BCUT2D eigenvalue weighted by Gasteiger charge is 2.00. The van der Waals surface area contributed by atoms with Gasteiger partial charge >= 0.3 is 0 Å². The molecule has 0 aromatic heterocycles. The fourth-order valence-corrected chi connectivity index (χ4v) is 1.37. The molecule has 0 fully saturated rings. The minimum absolute atomic E-state index is 0. The van der Waals surface area contributed by atoms with E-state index in [1.807, 2.05) is 0 Å². The van der Waals surface area contributed by atoms with Crippen molar-refractivity contribution in [3.8, 4) is 0 Å². The van der Waals surface area contributed by atoms with E-state index in [1.165, 1.54) is 0 Å². The van der Waals surface area contributed by atoms with Gasteiger partial charge in [-0.1, -0.05) is 6.07 Å². The van der Waals surface area contributed by atoms with Crippen molar-refractivity contribution in [3.05, 3.63) is 24.3 Å². The Hall–Kier alpha value is -0.940. The van der Waals surface area contributed by atoms with Crippen molar-refractivity contribution in [2.24, 2.45) is 0 Å². The second-order valence-electron chi connectivity index (χ2n) is 2.50. The summed E-state index contributed by atoms with van der Waals surface area (Å²) in [4.78, 5) is 0. The van der Waals surface area contributed by atoms with Crippen molar-refractivity contribution in [1.82, 2.24) is 0 Å². The third-order valence-corrected chi connectivity index (χ3v) is 1.80. The van der Waals surface area contributed by atoms with E-state index in [2.05, 4.69) is 4.72 Å². The van der Waals surface area contributed by atoms with Crippen LogP contribution in [0.1, 0.15) is 0 Å². The maximum atomic E-state index is 10.8. The van der Waals surface area contributed by atoms with Crippen LogP contribution in [0.2, 0.25) is 0 Å². The predicted octanol–water partition coefficient (Wildman–Crippen LogP) is 1.06. The van der Waals surface area contributed by atoms with Gasteiger partial charge in [0.15, 0.2) is 0 Å². The molecule has 0 aliphatic rings. The molecule has 6 heteroatoms. The number of rotatable bonds is 2. The first-order valence-electron chi connectivity index (χ1n) is 3.31. The molecule has 3 N–H and O–H groups in total. The molecule has 0 saturated heterocycles. The summed E-state index contributed by atoms with van der Waals surface area (Å²) in [5.74, 6) is 0. The van der Waals surface area contributed by atoms with E-state index < -0.39 is 10.0 Å². The number of sulfonamides is 1. The van der Waals surface area contributed by atoms with E-state index in [4.69, 9.17) is 5.73 Å². The number of anilines is 2. The fraction of sp³-hybridized carbons (Fsp3) is 0.143. The van der Waals surface area contributed by atoms with Crippen LogP contribution in [0.25, 0.3) is 0 Å². The highest BCUT2D eigenvalue weighted by molar-refractivity contribution is 7.92. The Morgan fingerprint density at radius 1 is 1.38 bits per heavy atom. The van der Waals surface area contributed by atoms with Crippen LogP contribution in [0.3, 0.4) is 0 Å². The van der Waals surface area contributed by atoms with Gasteiger partial charge in [-0.2, -0.15) is 0 Å². The zero-order valence-corrected chi connectivity index (χ0v) is 8.65. The van der Waals surface area contributed by atoms with Crippen molar-refractivity contribution in [2.45, 2.75) is 0 Å². The van der Waals surface area contributed by atoms with Crippen molar-refractivity contribution in [2.75, 3.05) is 16.7 Å². The van der Waals surface area contributed by atoms with Crippen LogP contribution in [-0.4, -0.2) is 14.7 Å². The van der Waals surface area contributed by atoms with Gasteiger partial charge in [0, 0.05) is 5.69 Å². The lowest BCUT2D eigenvalue weighted by Gasteiger charge is -2.03. The Kier molecular flexibility index (Phi) is 4.03. The van der Waals surface area contributed by atoms with E-state index >= 15 is 0 Å².